The van der Waals surface area contributed by atoms with Crippen molar-refractivity contribution >= 4 is 29.1 Å². The average Bonchev–Trinajstić information content (AvgIpc) is 2.88. The number of rotatable bonds is 3. The molecule has 4 rings (SSSR count). The summed E-state index contributed by atoms with van der Waals surface area (Å²) in [5.74, 6) is -7.37. The van der Waals surface area contributed by atoms with E-state index < -0.39 is 64.6 Å². The Bertz CT molecular complexity index is 1260. The molecule has 0 aromatic heterocycles. The smallest absolute Gasteiger partial charge is 0.341 e. The summed E-state index contributed by atoms with van der Waals surface area (Å²) in [4.78, 5) is 52.3. The van der Waals surface area contributed by atoms with E-state index in [4.69, 9.17) is 10.5 Å². The molecule has 3 aliphatic carbocycles. The van der Waals surface area contributed by atoms with Crippen LogP contribution in [0.4, 0.5) is 5.69 Å². The molecular formula is C24H26N2O9. The van der Waals surface area contributed by atoms with Gasteiger partial charge in [-0.3, -0.25) is 14.4 Å². The summed E-state index contributed by atoms with van der Waals surface area (Å²) in [5, 5.41) is 43.8. The highest BCUT2D eigenvalue weighted by Crippen LogP contribution is 2.52. The number of carbonyl (C=O) groups excluding carboxylic acids is 4. The van der Waals surface area contributed by atoms with Crippen molar-refractivity contribution in [2.24, 2.45) is 17.6 Å². The molecule has 0 fully saturated rings. The number of aromatic hydroxyl groups is 1. The third kappa shape index (κ3) is 3.37. The number of phenols is 1. The van der Waals surface area contributed by atoms with Crippen LogP contribution in [-0.4, -0.2) is 70.7 Å². The van der Waals surface area contributed by atoms with Crippen LogP contribution in [0.25, 0.3) is 0 Å². The van der Waals surface area contributed by atoms with Crippen molar-refractivity contribution in [2.45, 2.75) is 31.3 Å². The van der Waals surface area contributed by atoms with Gasteiger partial charge in [-0.2, -0.15) is 0 Å². The first-order valence-corrected chi connectivity index (χ1v) is 10.9. The molecule has 1 amide bonds. The zero-order valence-corrected chi connectivity index (χ0v) is 19.4. The second kappa shape index (κ2) is 8.12. The number of ketones is 2. The largest absolute Gasteiger partial charge is 0.512 e. The molecule has 0 heterocycles. The molecule has 6 N–H and O–H groups in total. The van der Waals surface area contributed by atoms with Gasteiger partial charge >= 0.3 is 5.97 Å². The van der Waals surface area contributed by atoms with Crippen molar-refractivity contribution in [3.05, 3.63) is 45.4 Å². The summed E-state index contributed by atoms with van der Waals surface area (Å²) in [6, 6.07) is 1.41. The van der Waals surface area contributed by atoms with Crippen molar-refractivity contribution in [3.63, 3.8) is 0 Å². The number of ether oxygens (including phenoxy) is 1. The molecule has 0 saturated heterocycles. The number of aliphatic hydroxyl groups excluding tert-OH is 2. The summed E-state index contributed by atoms with van der Waals surface area (Å²) in [7, 11) is 4.51. The van der Waals surface area contributed by atoms with Crippen molar-refractivity contribution in [3.8, 4) is 5.75 Å². The molecule has 3 aliphatic rings. The van der Waals surface area contributed by atoms with Gasteiger partial charge in [-0.15, -0.1) is 0 Å². The standard InChI is InChI=1S/C24H26N2O9/c1-26(2)14-7-13(23(33)35-3)19(29)18-11(14)5-9-4-10-6-15(27)12(22(25)32)8-16(28)24(10,34)21(31)17(9)20(18)30/h7,9-10,27,29,31,34H,4-6,8H2,1-3H3,(H2,25,32)/t9-,10+,24-/m1/s1. The molecule has 0 bridgehead atoms. The van der Waals surface area contributed by atoms with Crippen LogP contribution in [0, 0.1) is 11.8 Å². The Morgan fingerprint density at radius 3 is 2.40 bits per heavy atom. The maximum absolute atomic E-state index is 13.7. The highest BCUT2D eigenvalue weighted by atomic mass is 16.5. The summed E-state index contributed by atoms with van der Waals surface area (Å²) < 4.78 is 4.72. The molecule has 0 unspecified atom stereocenters. The number of benzene rings is 1. The lowest BCUT2D eigenvalue weighted by Gasteiger charge is -2.43. The van der Waals surface area contributed by atoms with Crippen LogP contribution in [0.5, 0.6) is 5.75 Å². The lowest BCUT2D eigenvalue weighted by Crippen LogP contribution is -2.53. The van der Waals surface area contributed by atoms with E-state index in [1.807, 2.05) is 0 Å². The molecule has 3 atom stereocenters. The minimum atomic E-state index is -2.54. The number of amides is 1. The number of phenolic OH excluding ortho intramolecular Hbond substituents is 1. The number of anilines is 1. The first-order valence-electron chi connectivity index (χ1n) is 10.9. The van der Waals surface area contributed by atoms with Crippen LogP contribution in [0.3, 0.4) is 0 Å². The number of Topliss-reactive ketones (excluding diaryl/α,β-unsaturated/α-hetero) is 2. The highest BCUT2D eigenvalue weighted by Gasteiger charge is 2.57. The van der Waals surface area contributed by atoms with Gasteiger partial charge in [0, 0.05) is 44.1 Å². The van der Waals surface area contributed by atoms with Gasteiger partial charge in [0.1, 0.15) is 22.8 Å². The molecule has 1 aromatic carbocycles. The highest BCUT2D eigenvalue weighted by molar-refractivity contribution is 6.17. The van der Waals surface area contributed by atoms with Crippen LogP contribution in [-0.2, 0) is 20.7 Å². The number of esters is 1. The number of nitrogens with zero attached hydrogens (tertiary/aromatic N) is 1. The number of hydrogen-bond acceptors (Lipinski definition) is 10. The topological polar surface area (TPSA) is 188 Å². The van der Waals surface area contributed by atoms with Gasteiger partial charge in [0.15, 0.2) is 17.2 Å². The second-order valence-corrected chi connectivity index (χ2v) is 9.32. The van der Waals surface area contributed by atoms with Crippen LogP contribution in [0.1, 0.15) is 45.5 Å². The predicted molar refractivity (Wildman–Crippen MR) is 121 cm³/mol. The molecule has 0 spiro atoms. The first-order chi connectivity index (χ1) is 16.3. The Labute approximate surface area is 200 Å². The molecule has 11 nitrogen and oxygen atoms in total. The van der Waals surface area contributed by atoms with Gasteiger partial charge in [-0.1, -0.05) is 0 Å². The summed E-state index contributed by atoms with van der Waals surface area (Å²) in [6.45, 7) is 0. The van der Waals surface area contributed by atoms with Gasteiger partial charge in [0.25, 0.3) is 0 Å². The van der Waals surface area contributed by atoms with Crippen molar-refractivity contribution in [2.75, 3.05) is 26.1 Å². The number of nitrogens with two attached hydrogens (primary N) is 1. The van der Waals surface area contributed by atoms with Crippen LogP contribution in [0.2, 0.25) is 0 Å². The SMILES string of the molecule is COC(=O)c1cc(N(C)C)c2c(c1O)C(=O)C1=C(O)[C@]3(O)C(=O)CC(C(N)=O)=C(O)C[C@@H]3C[C@@H]1C2. The summed E-state index contributed by atoms with van der Waals surface area (Å²) >= 11 is 0. The average molecular weight is 486 g/mol. The number of carbonyl (C=O) groups is 4. The van der Waals surface area contributed by atoms with E-state index in [1.54, 1.807) is 19.0 Å². The fraction of sp³-hybridized carbons (Fsp3) is 0.417. The molecule has 0 radical (unpaired) electrons. The Balaban J connectivity index is 1.93. The first kappa shape index (κ1) is 24.3. The normalized spacial score (nSPS) is 25.9. The Kier molecular flexibility index (Phi) is 5.63. The molecule has 0 aliphatic heterocycles. The maximum Gasteiger partial charge on any atom is 0.341 e. The number of aliphatic hydroxyl groups is 3. The lowest BCUT2D eigenvalue weighted by molar-refractivity contribution is -0.143. The van der Waals surface area contributed by atoms with E-state index in [9.17, 15) is 39.6 Å². The fourth-order valence-corrected chi connectivity index (χ4v) is 5.47. The summed E-state index contributed by atoms with van der Waals surface area (Å²) in [6.07, 6.45) is -0.863. The minimum Gasteiger partial charge on any atom is -0.512 e. The predicted octanol–water partition coefficient (Wildman–Crippen LogP) is 0.823. The number of hydrogen-bond donors (Lipinski definition) is 5. The minimum absolute atomic E-state index is 0.0231. The zero-order chi connectivity index (χ0) is 26.0. The molecule has 11 heteroatoms. The van der Waals surface area contributed by atoms with Crippen molar-refractivity contribution in [1.29, 1.82) is 0 Å². The fourth-order valence-electron chi connectivity index (χ4n) is 5.47. The van der Waals surface area contributed by atoms with E-state index in [-0.39, 0.29) is 41.5 Å². The Morgan fingerprint density at radius 1 is 1.17 bits per heavy atom. The van der Waals surface area contributed by atoms with E-state index in [2.05, 4.69) is 0 Å². The second-order valence-electron chi connectivity index (χ2n) is 9.32. The lowest BCUT2D eigenvalue weighted by atomic mass is 9.63. The molecule has 35 heavy (non-hydrogen) atoms. The van der Waals surface area contributed by atoms with E-state index in [0.29, 0.717) is 11.3 Å². The third-order valence-electron chi connectivity index (χ3n) is 7.23. The van der Waals surface area contributed by atoms with E-state index in [0.717, 1.165) is 7.11 Å². The van der Waals surface area contributed by atoms with Crippen LogP contribution < -0.4 is 10.6 Å². The number of methoxy groups -OCH3 is 1. The number of fused-ring (bicyclic) bond motifs is 3. The van der Waals surface area contributed by atoms with Crippen molar-refractivity contribution < 1.29 is 44.3 Å². The number of primary amides is 1. The molecule has 186 valence electrons. The Hall–Kier alpha value is -3.86. The third-order valence-corrected chi connectivity index (χ3v) is 7.23. The molecule has 0 saturated carbocycles. The van der Waals surface area contributed by atoms with Crippen LogP contribution >= 0.6 is 0 Å². The van der Waals surface area contributed by atoms with Crippen molar-refractivity contribution in [1.82, 2.24) is 0 Å². The number of allylic oxidation sites excluding steroid dienone is 2. The van der Waals surface area contributed by atoms with Gasteiger partial charge in [-0.25, -0.2) is 4.79 Å². The van der Waals surface area contributed by atoms with Gasteiger partial charge in [0.05, 0.1) is 18.2 Å². The van der Waals surface area contributed by atoms with Gasteiger partial charge in [0.2, 0.25) is 5.91 Å². The molecular weight excluding hydrogens is 460 g/mol. The Morgan fingerprint density at radius 2 is 1.83 bits per heavy atom. The quantitative estimate of drug-likeness (QED) is 0.383. The van der Waals surface area contributed by atoms with Gasteiger partial charge in [-0.05, 0) is 30.4 Å². The summed E-state index contributed by atoms with van der Waals surface area (Å²) in [5.41, 5.74) is 2.55. The molecule has 1 aromatic rings. The zero-order valence-electron chi connectivity index (χ0n) is 19.4. The van der Waals surface area contributed by atoms with E-state index in [1.165, 1.54) is 6.07 Å². The van der Waals surface area contributed by atoms with Crippen LogP contribution in [0.15, 0.2) is 28.7 Å². The maximum atomic E-state index is 13.7. The monoisotopic (exact) mass is 486 g/mol. The van der Waals surface area contributed by atoms with E-state index >= 15 is 0 Å². The van der Waals surface area contributed by atoms with Gasteiger partial charge < -0.3 is 35.8 Å².